The Morgan fingerprint density at radius 1 is 1.41 bits per heavy atom. The summed E-state index contributed by atoms with van der Waals surface area (Å²) in [7, 11) is 0. The Balaban J connectivity index is 1.84. The maximum absolute atomic E-state index is 4.40. The van der Waals surface area contributed by atoms with Gasteiger partial charge in [-0.1, -0.05) is 13.0 Å². The monoisotopic (exact) mass is 233 g/mol. The van der Waals surface area contributed by atoms with Crippen LogP contribution < -0.4 is 5.32 Å². The summed E-state index contributed by atoms with van der Waals surface area (Å²) in [4.78, 5) is 7.01. The van der Waals surface area contributed by atoms with Gasteiger partial charge in [-0.15, -0.1) is 0 Å². The van der Waals surface area contributed by atoms with Gasteiger partial charge in [0.2, 0.25) is 0 Å². The Kier molecular flexibility index (Phi) is 4.95. The molecular formula is C14H23N3. The van der Waals surface area contributed by atoms with Crippen LogP contribution >= 0.6 is 0 Å². The molecule has 0 bridgehead atoms. The van der Waals surface area contributed by atoms with Crippen molar-refractivity contribution in [3.05, 3.63) is 30.1 Å². The maximum Gasteiger partial charge on any atom is 0.0416 e. The van der Waals surface area contributed by atoms with Crippen molar-refractivity contribution < 1.29 is 0 Å². The fourth-order valence-electron chi connectivity index (χ4n) is 2.52. The molecule has 0 spiro atoms. The van der Waals surface area contributed by atoms with Gasteiger partial charge >= 0.3 is 0 Å². The summed E-state index contributed by atoms with van der Waals surface area (Å²) < 4.78 is 0. The summed E-state index contributed by atoms with van der Waals surface area (Å²) in [5.41, 5.74) is 1.21. The van der Waals surface area contributed by atoms with Crippen LogP contribution in [0.5, 0.6) is 0 Å². The van der Waals surface area contributed by atoms with E-state index in [1.54, 1.807) is 0 Å². The van der Waals surface area contributed by atoms with E-state index in [-0.39, 0.29) is 0 Å². The van der Waals surface area contributed by atoms with E-state index in [4.69, 9.17) is 0 Å². The standard InChI is InChI=1S/C14H23N3/c1-2-10-17(14-6-9-15-12-14)11-7-13-5-3-4-8-16-13/h3-5,8,14-15H,2,6-7,9-12H2,1H3. The van der Waals surface area contributed by atoms with Crippen molar-refractivity contribution in [3.8, 4) is 0 Å². The van der Waals surface area contributed by atoms with Gasteiger partial charge in [-0.2, -0.15) is 0 Å². The van der Waals surface area contributed by atoms with E-state index in [1.807, 2.05) is 12.3 Å². The van der Waals surface area contributed by atoms with E-state index < -0.39 is 0 Å². The van der Waals surface area contributed by atoms with Crippen molar-refractivity contribution >= 4 is 0 Å². The zero-order valence-corrected chi connectivity index (χ0v) is 10.7. The largest absolute Gasteiger partial charge is 0.315 e. The van der Waals surface area contributed by atoms with E-state index >= 15 is 0 Å². The smallest absolute Gasteiger partial charge is 0.0416 e. The first-order valence-electron chi connectivity index (χ1n) is 6.75. The summed E-state index contributed by atoms with van der Waals surface area (Å²) in [6.45, 7) is 6.93. The van der Waals surface area contributed by atoms with Gasteiger partial charge in [0.15, 0.2) is 0 Å². The molecule has 1 aliphatic rings. The van der Waals surface area contributed by atoms with Crippen molar-refractivity contribution in [3.63, 3.8) is 0 Å². The lowest BCUT2D eigenvalue weighted by Crippen LogP contribution is -2.38. The molecule has 1 aliphatic heterocycles. The molecule has 2 heterocycles. The van der Waals surface area contributed by atoms with E-state index in [0.29, 0.717) is 0 Å². The zero-order valence-electron chi connectivity index (χ0n) is 10.7. The molecule has 1 fully saturated rings. The number of hydrogen-bond acceptors (Lipinski definition) is 3. The van der Waals surface area contributed by atoms with Crippen molar-refractivity contribution in [2.45, 2.75) is 32.2 Å². The molecule has 1 aromatic heterocycles. The van der Waals surface area contributed by atoms with Gasteiger partial charge in [0.25, 0.3) is 0 Å². The topological polar surface area (TPSA) is 28.2 Å². The van der Waals surface area contributed by atoms with Crippen molar-refractivity contribution in [2.24, 2.45) is 0 Å². The average Bonchev–Trinajstić information content (AvgIpc) is 2.89. The minimum atomic E-state index is 0.735. The molecule has 0 aliphatic carbocycles. The van der Waals surface area contributed by atoms with Crippen LogP contribution in [0.15, 0.2) is 24.4 Å². The van der Waals surface area contributed by atoms with Gasteiger partial charge in [0, 0.05) is 37.4 Å². The lowest BCUT2D eigenvalue weighted by molar-refractivity contribution is 0.210. The lowest BCUT2D eigenvalue weighted by atomic mass is 10.2. The first kappa shape index (κ1) is 12.5. The van der Waals surface area contributed by atoms with Crippen molar-refractivity contribution in [1.29, 1.82) is 0 Å². The summed E-state index contributed by atoms with van der Waals surface area (Å²) in [6, 6.07) is 6.91. The van der Waals surface area contributed by atoms with Crippen LogP contribution in [0.4, 0.5) is 0 Å². The fourth-order valence-corrected chi connectivity index (χ4v) is 2.52. The normalized spacial score (nSPS) is 20.0. The van der Waals surface area contributed by atoms with Crippen LogP contribution in [0.2, 0.25) is 0 Å². The van der Waals surface area contributed by atoms with Gasteiger partial charge in [-0.3, -0.25) is 9.88 Å². The van der Waals surface area contributed by atoms with E-state index in [1.165, 1.54) is 31.6 Å². The highest BCUT2D eigenvalue weighted by Gasteiger charge is 2.21. The third kappa shape index (κ3) is 3.79. The van der Waals surface area contributed by atoms with Gasteiger partial charge in [-0.05, 0) is 38.1 Å². The predicted octanol–water partition coefficient (Wildman–Crippen LogP) is 1.70. The van der Waals surface area contributed by atoms with E-state index in [2.05, 4.69) is 34.3 Å². The second-order valence-electron chi connectivity index (χ2n) is 4.75. The molecule has 3 nitrogen and oxygen atoms in total. The fraction of sp³-hybridized carbons (Fsp3) is 0.643. The molecule has 1 unspecified atom stereocenters. The number of nitrogens with one attached hydrogen (secondary N) is 1. The highest BCUT2D eigenvalue weighted by atomic mass is 15.2. The van der Waals surface area contributed by atoms with E-state index in [9.17, 15) is 0 Å². The highest BCUT2D eigenvalue weighted by molar-refractivity contribution is 5.04. The third-order valence-corrected chi connectivity index (χ3v) is 3.44. The third-order valence-electron chi connectivity index (χ3n) is 3.44. The number of pyridine rings is 1. The van der Waals surface area contributed by atoms with Crippen LogP contribution in [-0.2, 0) is 6.42 Å². The number of hydrogen-bond donors (Lipinski definition) is 1. The SMILES string of the molecule is CCCN(CCc1ccccn1)C1CCNC1. The Morgan fingerprint density at radius 3 is 3.00 bits per heavy atom. The summed E-state index contributed by atoms with van der Waals surface area (Å²) in [6.07, 6.45) is 5.48. The van der Waals surface area contributed by atoms with Gasteiger partial charge in [-0.25, -0.2) is 0 Å². The lowest BCUT2D eigenvalue weighted by Gasteiger charge is -2.27. The molecule has 0 saturated carbocycles. The van der Waals surface area contributed by atoms with Crippen LogP contribution in [0, 0.1) is 0 Å². The Hall–Kier alpha value is -0.930. The summed E-state index contributed by atoms with van der Waals surface area (Å²) in [5, 5.41) is 3.45. The van der Waals surface area contributed by atoms with Crippen LogP contribution in [0.25, 0.3) is 0 Å². The molecule has 0 amide bonds. The molecule has 0 aromatic carbocycles. The summed E-state index contributed by atoms with van der Waals surface area (Å²) >= 11 is 0. The van der Waals surface area contributed by atoms with E-state index in [0.717, 1.165) is 25.6 Å². The minimum absolute atomic E-state index is 0.735. The Morgan fingerprint density at radius 2 is 2.35 bits per heavy atom. The van der Waals surface area contributed by atoms with Crippen LogP contribution in [0.3, 0.4) is 0 Å². The molecular weight excluding hydrogens is 210 g/mol. The zero-order chi connectivity index (χ0) is 11.9. The Bertz CT molecular complexity index is 307. The molecule has 1 saturated heterocycles. The van der Waals surface area contributed by atoms with Crippen LogP contribution in [-0.4, -0.2) is 42.1 Å². The first-order chi connectivity index (χ1) is 8.40. The number of nitrogens with zero attached hydrogens (tertiary/aromatic N) is 2. The summed E-state index contributed by atoms with van der Waals surface area (Å²) in [5.74, 6) is 0. The molecule has 1 atom stereocenters. The number of rotatable bonds is 6. The molecule has 0 radical (unpaired) electrons. The first-order valence-corrected chi connectivity index (χ1v) is 6.75. The van der Waals surface area contributed by atoms with Crippen molar-refractivity contribution in [2.75, 3.05) is 26.2 Å². The quantitative estimate of drug-likeness (QED) is 0.810. The van der Waals surface area contributed by atoms with Gasteiger partial charge in [0.05, 0.1) is 0 Å². The predicted molar refractivity (Wildman–Crippen MR) is 71.1 cm³/mol. The average molecular weight is 233 g/mol. The van der Waals surface area contributed by atoms with Gasteiger partial charge in [0.1, 0.15) is 0 Å². The Labute approximate surface area is 104 Å². The molecule has 94 valence electrons. The second-order valence-corrected chi connectivity index (χ2v) is 4.75. The molecule has 17 heavy (non-hydrogen) atoms. The minimum Gasteiger partial charge on any atom is -0.315 e. The highest BCUT2D eigenvalue weighted by Crippen LogP contribution is 2.10. The van der Waals surface area contributed by atoms with Crippen molar-refractivity contribution in [1.82, 2.24) is 15.2 Å². The molecule has 1 aromatic rings. The second kappa shape index (κ2) is 6.72. The molecule has 1 N–H and O–H groups in total. The maximum atomic E-state index is 4.40. The number of aromatic nitrogens is 1. The molecule has 2 rings (SSSR count). The molecule has 3 heteroatoms. The van der Waals surface area contributed by atoms with Gasteiger partial charge < -0.3 is 5.32 Å². The van der Waals surface area contributed by atoms with Crippen LogP contribution in [0.1, 0.15) is 25.5 Å².